The van der Waals surface area contributed by atoms with Crippen molar-refractivity contribution in [3.8, 4) is 0 Å². The molecular weight excluding hydrogens is 288 g/mol. The number of hydrogen-bond donors (Lipinski definition) is 0. The summed E-state index contributed by atoms with van der Waals surface area (Å²) in [6.45, 7) is 8.23. The minimum atomic E-state index is -1.37. The molecule has 3 atom stereocenters. The van der Waals surface area contributed by atoms with Crippen LogP contribution in [0.25, 0.3) is 0 Å². The number of esters is 3. The minimum Gasteiger partial charge on any atom is -0.455 e. The predicted molar refractivity (Wildman–Crippen MR) is 76.8 cm³/mol. The summed E-state index contributed by atoms with van der Waals surface area (Å²) in [7, 11) is 0. The van der Waals surface area contributed by atoms with Crippen molar-refractivity contribution in [3.63, 3.8) is 0 Å². The maximum Gasteiger partial charge on any atom is 0.350 e. The summed E-state index contributed by atoms with van der Waals surface area (Å²) in [6.07, 6.45) is 1.91. The normalized spacial score (nSPS) is 34.0. The summed E-state index contributed by atoms with van der Waals surface area (Å²) >= 11 is 0. The largest absolute Gasteiger partial charge is 0.455 e. The van der Waals surface area contributed by atoms with Gasteiger partial charge in [-0.25, -0.2) is 4.79 Å². The first-order chi connectivity index (χ1) is 10.0. The Morgan fingerprint density at radius 3 is 2.59 bits per heavy atom. The van der Waals surface area contributed by atoms with Gasteiger partial charge >= 0.3 is 17.9 Å². The molecule has 1 saturated carbocycles. The molecule has 6 heteroatoms. The summed E-state index contributed by atoms with van der Waals surface area (Å²) < 4.78 is 16.3. The van der Waals surface area contributed by atoms with Crippen LogP contribution in [0.5, 0.6) is 0 Å². The Hall–Kier alpha value is -1.59. The van der Waals surface area contributed by atoms with E-state index in [0.717, 1.165) is 0 Å². The van der Waals surface area contributed by atoms with Crippen LogP contribution in [-0.2, 0) is 28.6 Å². The quantitative estimate of drug-likeness (QED) is 0.584. The van der Waals surface area contributed by atoms with E-state index < -0.39 is 28.7 Å². The van der Waals surface area contributed by atoms with Crippen LogP contribution < -0.4 is 0 Å². The van der Waals surface area contributed by atoms with Crippen LogP contribution in [0.3, 0.4) is 0 Å². The first-order valence-corrected chi connectivity index (χ1v) is 7.71. The van der Waals surface area contributed by atoms with Gasteiger partial charge < -0.3 is 14.2 Å². The highest BCUT2D eigenvalue weighted by Crippen LogP contribution is 2.50. The van der Waals surface area contributed by atoms with Gasteiger partial charge in [0.1, 0.15) is 11.2 Å². The topological polar surface area (TPSA) is 78.9 Å². The van der Waals surface area contributed by atoms with Crippen molar-refractivity contribution in [2.45, 2.75) is 77.1 Å². The molecule has 0 spiro atoms. The monoisotopic (exact) mass is 312 g/mol. The molecule has 2 rings (SSSR count). The summed E-state index contributed by atoms with van der Waals surface area (Å²) in [5.74, 6) is -1.42. The van der Waals surface area contributed by atoms with Crippen molar-refractivity contribution in [3.05, 3.63) is 0 Å². The molecular formula is C16H24O6. The van der Waals surface area contributed by atoms with Gasteiger partial charge in [-0.1, -0.05) is 6.92 Å². The third-order valence-electron chi connectivity index (χ3n) is 4.85. The third kappa shape index (κ3) is 2.71. The highest BCUT2D eigenvalue weighted by atomic mass is 16.6. The third-order valence-corrected chi connectivity index (χ3v) is 4.85. The zero-order valence-corrected chi connectivity index (χ0v) is 13.9. The SMILES string of the molecule is CCC(=O)OC(C)(C)C(=O)OC1(C)CCC2CC1(C)OC2=O. The molecule has 1 aliphatic carbocycles. The van der Waals surface area contributed by atoms with E-state index in [4.69, 9.17) is 14.2 Å². The lowest BCUT2D eigenvalue weighted by atomic mass is 9.71. The molecule has 0 aromatic rings. The molecule has 1 aliphatic heterocycles. The van der Waals surface area contributed by atoms with E-state index in [-0.39, 0.29) is 18.3 Å². The fraction of sp³-hybridized carbons (Fsp3) is 0.812. The average molecular weight is 312 g/mol. The average Bonchev–Trinajstić information content (AvgIpc) is 2.67. The second-order valence-corrected chi connectivity index (χ2v) is 7.05. The van der Waals surface area contributed by atoms with Gasteiger partial charge in [0.05, 0.1) is 5.92 Å². The molecule has 2 aliphatic rings. The van der Waals surface area contributed by atoms with Crippen LogP contribution in [0.15, 0.2) is 0 Å². The second-order valence-electron chi connectivity index (χ2n) is 7.05. The summed E-state index contributed by atoms with van der Waals surface area (Å²) in [5.41, 5.74) is -3.11. The number of hydrogen-bond acceptors (Lipinski definition) is 6. The summed E-state index contributed by atoms with van der Waals surface area (Å²) in [5, 5.41) is 0. The van der Waals surface area contributed by atoms with Crippen molar-refractivity contribution in [2.75, 3.05) is 0 Å². The van der Waals surface area contributed by atoms with E-state index in [2.05, 4.69) is 0 Å². The first kappa shape index (κ1) is 16.8. The van der Waals surface area contributed by atoms with Crippen LogP contribution in [0, 0.1) is 5.92 Å². The number of carbonyl (C=O) groups is 3. The molecule has 1 heterocycles. The van der Waals surface area contributed by atoms with Crippen molar-refractivity contribution in [1.29, 1.82) is 0 Å². The van der Waals surface area contributed by atoms with Gasteiger partial charge in [-0.2, -0.15) is 0 Å². The van der Waals surface area contributed by atoms with Gasteiger partial charge in [0.25, 0.3) is 0 Å². The number of rotatable bonds is 4. The fourth-order valence-electron chi connectivity index (χ4n) is 3.04. The van der Waals surface area contributed by atoms with Gasteiger partial charge in [-0.15, -0.1) is 0 Å². The molecule has 3 unspecified atom stereocenters. The molecule has 6 nitrogen and oxygen atoms in total. The maximum absolute atomic E-state index is 12.4. The molecule has 22 heavy (non-hydrogen) atoms. The van der Waals surface area contributed by atoms with Crippen LogP contribution in [0.1, 0.15) is 60.3 Å². The standard InChI is InChI=1S/C16H24O6/c1-6-11(17)20-14(2,3)13(19)22-15(4)8-7-10-9-16(15,5)21-12(10)18/h10H,6-9H2,1-5H3. The highest BCUT2D eigenvalue weighted by molar-refractivity contribution is 5.83. The predicted octanol–water partition coefficient (Wildman–Crippen LogP) is 2.14. The smallest absolute Gasteiger partial charge is 0.350 e. The zero-order chi connectivity index (χ0) is 16.8. The Morgan fingerprint density at radius 2 is 2.00 bits per heavy atom. The molecule has 0 aromatic carbocycles. The second kappa shape index (κ2) is 5.25. The van der Waals surface area contributed by atoms with Gasteiger partial charge in [-0.05, 0) is 40.5 Å². The van der Waals surface area contributed by atoms with Crippen molar-refractivity contribution in [2.24, 2.45) is 5.92 Å². The maximum atomic E-state index is 12.4. The lowest BCUT2D eigenvalue weighted by Gasteiger charge is -2.45. The van der Waals surface area contributed by atoms with Crippen LogP contribution >= 0.6 is 0 Å². The van der Waals surface area contributed by atoms with Crippen molar-refractivity contribution < 1.29 is 28.6 Å². The van der Waals surface area contributed by atoms with E-state index in [0.29, 0.717) is 19.3 Å². The van der Waals surface area contributed by atoms with Gasteiger partial charge in [0.15, 0.2) is 0 Å². The minimum absolute atomic E-state index is 0.109. The molecule has 1 saturated heterocycles. The molecule has 0 radical (unpaired) electrons. The van der Waals surface area contributed by atoms with Crippen LogP contribution in [0.4, 0.5) is 0 Å². The van der Waals surface area contributed by atoms with E-state index in [1.54, 1.807) is 20.8 Å². The van der Waals surface area contributed by atoms with E-state index >= 15 is 0 Å². The Balaban J connectivity index is 2.13. The van der Waals surface area contributed by atoms with Gasteiger partial charge in [-0.3, -0.25) is 9.59 Å². The zero-order valence-electron chi connectivity index (χ0n) is 13.9. The van der Waals surface area contributed by atoms with Gasteiger partial charge in [0, 0.05) is 12.8 Å². The Morgan fingerprint density at radius 1 is 1.36 bits per heavy atom. The molecule has 2 fully saturated rings. The number of fused-ring (bicyclic) bond motifs is 2. The van der Waals surface area contributed by atoms with Crippen LogP contribution in [-0.4, -0.2) is 34.7 Å². The van der Waals surface area contributed by atoms with Crippen LogP contribution in [0.2, 0.25) is 0 Å². The summed E-state index contributed by atoms with van der Waals surface area (Å²) in [6, 6.07) is 0. The van der Waals surface area contributed by atoms with Crippen molar-refractivity contribution >= 4 is 17.9 Å². The molecule has 124 valence electrons. The van der Waals surface area contributed by atoms with Crippen molar-refractivity contribution in [1.82, 2.24) is 0 Å². The Labute approximate surface area is 130 Å². The van der Waals surface area contributed by atoms with E-state index in [9.17, 15) is 14.4 Å². The van der Waals surface area contributed by atoms with E-state index in [1.807, 2.05) is 0 Å². The fourth-order valence-corrected chi connectivity index (χ4v) is 3.04. The van der Waals surface area contributed by atoms with E-state index in [1.165, 1.54) is 13.8 Å². The Bertz CT molecular complexity index is 511. The first-order valence-electron chi connectivity index (χ1n) is 7.71. The lowest BCUT2D eigenvalue weighted by Crippen LogP contribution is -2.56. The highest BCUT2D eigenvalue weighted by Gasteiger charge is 2.61. The van der Waals surface area contributed by atoms with Gasteiger partial charge in [0.2, 0.25) is 5.60 Å². The molecule has 0 amide bonds. The Kier molecular flexibility index (Phi) is 4.00. The number of carbonyl (C=O) groups excluding carboxylic acids is 3. The lowest BCUT2D eigenvalue weighted by molar-refractivity contribution is -0.213. The number of ether oxygens (including phenoxy) is 3. The molecule has 0 aromatic heterocycles. The summed E-state index contributed by atoms with van der Waals surface area (Å²) in [4.78, 5) is 35.7. The molecule has 2 bridgehead atoms. The molecule has 0 N–H and O–H groups in total.